The minimum atomic E-state index is -0.971. The molecule has 1 heterocycles. The second-order valence-corrected chi connectivity index (χ2v) is 11.2. The molecule has 44 heavy (non-hydrogen) atoms. The maximum absolute atomic E-state index is 13.9. The summed E-state index contributed by atoms with van der Waals surface area (Å²) < 4.78 is 13.3. The van der Waals surface area contributed by atoms with Gasteiger partial charge in [0.25, 0.3) is 17.7 Å². The predicted molar refractivity (Wildman–Crippen MR) is 169 cm³/mol. The van der Waals surface area contributed by atoms with Crippen LogP contribution in [0, 0.1) is 11.7 Å². The molecule has 1 aliphatic heterocycles. The number of carbonyl (C=O) groups excluding carboxylic acids is 4. The van der Waals surface area contributed by atoms with E-state index in [2.05, 4.69) is 11.9 Å². The van der Waals surface area contributed by atoms with Crippen LogP contribution in [0.4, 0.5) is 10.1 Å². The molecule has 0 saturated heterocycles. The SMILES string of the molecule is C=C(c1ccccc1)[C@@H]([C@@H](N)C[C@@H](C)C(=O)Nc1ccc(F)cc1)N1C(=O)c2ccc(C(=O)N(CCC)CCC)cc2C1=O. The number of imide groups is 1. The topological polar surface area (TPSA) is 113 Å². The van der Waals surface area contributed by atoms with Crippen LogP contribution in [-0.4, -0.2) is 58.6 Å². The molecule has 0 bridgehead atoms. The molecule has 0 aromatic heterocycles. The van der Waals surface area contributed by atoms with Crippen LogP contribution in [0.25, 0.3) is 5.57 Å². The summed E-state index contributed by atoms with van der Waals surface area (Å²) in [6.07, 6.45) is 1.70. The molecule has 0 unspecified atom stereocenters. The van der Waals surface area contributed by atoms with E-state index in [0.29, 0.717) is 35.5 Å². The van der Waals surface area contributed by atoms with E-state index in [0.717, 1.165) is 17.7 Å². The van der Waals surface area contributed by atoms with Crippen LogP contribution in [0.1, 0.15) is 76.7 Å². The van der Waals surface area contributed by atoms with Crippen LogP contribution < -0.4 is 11.1 Å². The van der Waals surface area contributed by atoms with Crippen molar-refractivity contribution in [2.75, 3.05) is 18.4 Å². The zero-order chi connectivity index (χ0) is 32.0. The largest absolute Gasteiger partial charge is 0.339 e. The normalized spacial score (nSPS) is 14.5. The number of carbonyl (C=O) groups is 4. The van der Waals surface area contributed by atoms with Gasteiger partial charge in [-0.15, -0.1) is 0 Å². The Labute approximate surface area is 257 Å². The average Bonchev–Trinajstić information content (AvgIpc) is 3.26. The van der Waals surface area contributed by atoms with E-state index in [9.17, 15) is 23.6 Å². The van der Waals surface area contributed by atoms with Crippen LogP contribution >= 0.6 is 0 Å². The first-order valence-electron chi connectivity index (χ1n) is 14.9. The second kappa shape index (κ2) is 14.2. The standard InChI is InChI=1S/C35H39FN4O4/c1-5-18-39(19-6-2)33(42)25-12-17-28-29(21-25)35(44)40(34(28)43)31(23(4)24-10-8-7-9-11-24)30(37)20-22(3)32(41)38-27-15-13-26(36)14-16-27/h7-17,21-22,30-31H,4-6,18-20,37H2,1-3H3,(H,38,41)/t22-,30+,31+/m1/s1. The van der Waals surface area contributed by atoms with E-state index in [-0.39, 0.29) is 29.4 Å². The molecule has 0 aliphatic carbocycles. The van der Waals surface area contributed by atoms with Crippen molar-refractivity contribution in [2.45, 2.75) is 52.1 Å². The third-order valence-corrected chi connectivity index (χ3v) is 7.81. The number of halogens is 1. The Bertz CT molecular complexity index is 1530. The lowest BCUT2D eigenvalue weighted by Gasteiger charge is -2.34. The maximum atomic E-state index is 13.9. The molecule has 4 rings (SSSR count). The summed E-state index contributed by atoms with van der Waals surface area (Å²) in [4.78, 5) is 56.9. The van der Waals surface area contributed by atoms with Crippen LogP contribution in [0.3, 0.4) is 0 Å². The van der Waals surface area contributed by atoms with Gasteiger partial charge in [-0.25, -0.2) is 4.39 Å². The molecule has 3 aromatic carbocycles. The number of nitrogens with two attached hydrogens (primary N) is 1. The minimum Gasteiger partial charge on any atom is -0.339 e. The number of hydrogen-bond acceptors (Lipinski definition) is 5. The van der Waals surface area contributed by atoms with E-state index in [1.54, 1.807) is 17.9 Å². The minimum absolute atomic E-state index is 0.115. The first-order valence-corrected chi connectivity index (χ1v) is 14.9. The average molecular weight is 599 g/mol. The first-order chi connectivity index (χ1) is 21.1. The van der Waals surface area contributed by atoms with Gasteiger partial charge in [0.15, 0.2) is 0 Å². The third-order valence-electron chi connectivity index (χ3n) is 7.81. The second-order valence-electron chi connectivity index (χ2n) is 11.2. The summed E-state index contributed by atoms with van der Waals surface area (Å²) in [5.74, 6) is -2.69. The van der Waals surface area contributed by atoms with Crippen LogP contribution in [0.2, 0.25) is 0 Å². The quantitative estimate of drug-likeness (QED) is 0.243. The summed E-state index contributed by atoms with van der Waals surface area (Å²) in [5, 5.41) is 2.75. The fraction of sp³-hybridized carbons (Fsp3) is 0.314. The van der Waals surface area contributed by atoms with Gasteiger partial charge in [-0.05, 0) is 72.9 Å². The molecule has 0 fully saturated rings. The molecule has 8 nitrogen and oxygen atoms in total. The lowest BCUT2D eigenvalue weighted by molar-refractivity contribution is -0.119. The molecular weight excluding hydrogens is 559 g/mol. The lowest BCUT2D eigenvalue weighted by Crippen LogP contribution is -2.52. The number of nitrogens with zero attached hydrogens (tertiary/aromatic N) is 2. The van der Waals surface area contributed by atoms with Crippen molar-refractivity contribution in [2.24, 2.45) is 11.7 Å². The number of nitrogens with one attached hydrogen (secondary N) is 1. The summed E-state index contributed by atoms with van der Waals surface area (Å²) >= 11 is 0. The van der Waals surface area contributed by atoms with Crippen LogP contribution in [0.15, 0.2) is 79.4 Å². The highest BCUT2D eigenvalue weighted by molar-refractivity contribution is 6.23. The molecule has 3 N–H and O–H groups in total. The molecule has 3 aromatic rings. The van der Waals surface area contributed by atoms with Crippen molar-refractivity contribution < 1.29 is 23.6 Å². The fourth-order valence-corrected chi connectivity index (χ4v) is 5.55. The number of fused-ring (bicyclic) bond motifs is 1. The van der Waals surface area contributed by atoms with Gasteiger partial charge in [0.1, 0.15) is 5.82 Å². The number of hydrogen-bond donors (Lipinski definition) is 2. The zero-order valence-electron chi connectivity index (χ0n) is 25.4. The zero-order valence-corrected chi connectivity index (χ0v) is 25.4. The maximum Gasteiger partial charge on any atom is 0.262 e. The van der Waals surface area contributed by atoms with E-state index < -0.39 is 35.6 Å². The summed E-state index contributed by atoms with van der Waals surface area (Å²) in [5.41, 5.74) is 8.97. The highest BCUT2D eigenvalue weighted by Gasteiger charge is 2.44. The lowest BCUT2D eigenvalue weighted by atomic mass is 9.88. The highest BCUT2D eigenvalue weighted by atomic mass is 19.1. The Hall–Kier alpha value is -4.63. The molecular formula is C35H39FN4O4. The van der Waals surface area contributed by atoms with Crippen LogP contribution in [-0.2, 0) is 4.79 Å². The molecule has 9 heteroatoms. The Kier molecular flexibility index (Phi) is 10.4. The predicted octanol–water partition coefficient (Wildman–Crippen LogP) is 5.76. The van der Waals surface area contributed by atoms with Gasteiger partial charge in [-0.3, -0.25) is 24.1 Å². The first kappa shape index (κ1) is 32.3. The van der Waals surface area contributed by atoms with E-state index in [1.165, 1.54) is 36.4 Å². The molecule has 230 valence electrons. The van der Waals surface area contributed by atoms with Gasteiger partial charge in [-0.2, -0.15) is 0 Å². The Morgan fingerprint density at radius 2 is 1.52 bits per heavy atom. The van der Waals surface area contributed by atoms with Crippen molar-refractivity contribution in [1.29, 1.82) is 0 Å². The van der Waals surface area contributed by atoms with Crippen molar-refractivity contribution >= 4 is 34.9 Å². The van der Waals surface area contributed by atoms with E-state index >= 15 is 0 Å². The van der Waals surface area contributed by atoms with Crippen LogP contribution in [0.5, 0.6) is 0 Å². The van der Waals surface area contributed by atoms with E-state index in [1.807, 2.05) is 44.2 Å². The van der Waals surface area contributed by atoms with Gasteiger partial charge in [0.2, 0.25) is 5.91 Å². The number of rotatable bonds is 13. The molecule has 1 aliphatic rings. The highest BCUT2D eigenvalue weighted by Crippen LogP contribution is 2.33. The number of amides is 4. The van der Waals surface area contributed by atoms with E-state index in [4.69, 9.17) is 5.73 Å². The third kappa shape index (κ3) is 6.94. The van der Waals surface area contributed by atoms with Gasteiger partial charge in [0, 0.05) is 36.3 Å². The molecule has 0 spiro atoms. The van der Waals surface area contributed by atoms with Gasteiger partial charge in [0.05, 0.1) is 17.2 Å². The summed E-state index contributed by atoms with van der Waals surface area (Å²) in [6, 6.07) is 17.3. The van der Waals surface area contributed by atoms with Crippen molar-refractivity contribution in [3.8, 4) is 0 Å². The number of benzene rings is 3. The Morgan fingerprint density at radius 3 is 2.14 bits per heavy atom. The molecule has 4 amide bonds. The van der Waals surface area contributed by atoms with Crippen molar-refractivity contribution in [3.63, 3.8) is 0 Å². The molecule has 0 saturated carbocycles. The Balaban J connectivity index is 1.63. The Morgan fingerprint density at radius 1 is 0.909 bits per heavy atom. The van der Waals surface area contributed by atoms with Crippen molar-refractivity contribution in [3.05, 3.63) is 107 Å². The molecule has 0 radical (unpaired) electrons. The molecule has 3 atom stereocenters. The summed E-state index contributed by atoms with van der Waals surface area (Å²) in [7, 11) is 0. The van der Waals surface area contributed by atoms with Gasteiger partial charge >= 0.3 is 0 Å². The monoisotopic (exact) mass is 598 g/mol. The summed E-state index contributed by atoms with van der Waals surface area (Å²) in [6.45, 7) is 11.1. The fourth-order valence-electron chi connectivity index (χ4n) is 5.55. The number of anilines is 1. The van der Waals surface area contributed by atoms with Crippen molar-refractivity contribution in [1.82, 2.24) is 9.80 Å². The smallest absolute Gasteiger partial charge is 0.262 e. The van der Waals surface area contributed by atoms with Gasteiger partial charge < -0.3 is 16.0 Å². The van der Waals surface area contributed by atoms with Gasteiger partial charge in [-0.1, -0.05) is 57.7 Å².